The van der Waals surface area contributed by atoms with Crippen LogP contribution in [0.1, 0.15) is 62.4 Å². The summed E-state index contributed by atoms with van der Waals surface area (Å²) in [7, 11) is -1.76. The number of aromatic nitrogens is 2. The molecule has 3 atom stereocenters. The highest BCUT2D eigenvalue weighted by molar-refractivity contribution is 7.89. The first kappa shape index (κ1) is 21.4. The van der Waals surface area contributed by atoms with Crippen molar-refractivity contribution in [3.8, 4) is 5.75 Å². The molecule has 0 spiro atoms. The molecule has 6 nitrogen and oxygen atoms in total. The first-order valence-electron chi connectivity index (χ1n) is 11.1. The second-order valence-corrected chi connectivity index (χ2v) is 10.6. The van der Waals surface area contributed by atoms with Crippen molar-refractivity contribution >= 4 is 10.0 Å². The van der Waals surface area contributed by atoms with Crippen molar-refractivity contribution in [3.05, 3.63) is 41.2 Å². The van der Waals surface area contributed by atoms with Crippen LogP contribution in [0.3, 0.4) is 0 Å². The van der Waals surface area contributed by atoms with Gasteiger partial charge in [0.1, 0.15) is 16.7 Å². The molecule has 0 N–H and O–H groups in total. The molecule has 7 heteroatoms. The molecule has 0 aliphatic carbocycles. The van der Waals surface area contributed by atoms with Gasteiger partial charge in [0.25, 0.3) is 0 Å². The molecule has 1 aromatic carbocycles. The van der Waals surface area contributed by atoms with Crippen LogP contribution in [-0.4, -0.2) is 40.7 Å². The normalized spacial score (nSPS) is 24.3. The highest BCUT2D eigenvalue weighted by atomic mass is 32.2. The van der Waals surface area contributed by atoms with Gasteiger partial charge in [-0.25, -0.2) is 8.42 Å². The predicted octanol–water partition coefficient (Wildman–Crippen LogP) is 4.14. The third kappa shape index (κ3) is 3.89. The van der Waals surface area contributed by atoms with Gasteiger partial charge >= 0.3 is 0 Å². The van der Waals surface area contributed by atoms with Gasteiger partial charge in [-0.15, -0.1) is 0 Å². The molecule has 2 saturated heterocycles. The fourth-order valence-electron chi connectivity index (χ4n) is 5.11. The van der Waals surface area contributed by atoms with Gasteiger partial charge in [-0.3, -0.25) is 4.68 Å². The summed E-state index contributed by atoms with van der Waals surface area (Å²) in [5, 5.41) is 4.32. The Kier molecular flexibility index (Phi) is 5.95. The van der Waals surface area contributed by atoms with E-state index >= 15 is 0 Å². The van der Waals surface area contributed by atoms with Crippen LogP contribution >= 0.6 is 0 Å². The summed E-state index contributed by atoms with van der Waals surface area (Å²) < 4.78 is 36.7. The Bertz CT molecular complexity index is 983. The summed E-state index contributed by atoms with van der Waals surface area (Å²) >= 11 is 0. The highest BCUT2D eigenvalue weighted by Gasteiger charge is 2.49. The Balaban J connectivity index is 1.47. The number of unbranched alkanes of at least 4 members (excludes halogenated alkanes) is 1. The van der Waals surface area contributed by atoms with E-state index in [1.807, 2.05) is 6.92 Å². The number of aryl methyl sites for hydroxylation is 3. The molecule has 2 aliphatic heterocycles. The first-order chi connectivity index (χ1) is 14.3. The van der Waals surface area contributed by atoms with E-state index in [4.69, 9.17) is 4.74 Å². The molecule has 2 aliphatic rings. The van der Waals surface area contributed by atoms with E-state index in [9.17, 15) is 8.42 Å². The number of piperidine rings is 1. The topological polar surface area (TPSA) is 64.4 Å². The van der Waals surface area contributed by atoms with Gasteiger partial charge in [0.2, 0.25) is 10.0 Å². The molecule has 0 saturated carbocycles. The third-order valence-electron chi connectivity index (χ3n) is 6.65. The van der Waals surface area contributed by atoms with Crippen molar-refractivity contribution in [1.82, 2.24) is 14.1 Å². The number of sulfonamides is 1. The number of rotatable bonds is 7. The molecule has 0 amide bonds. The molecule has 0 radical (unpaired) electrons. The summed E-state index contributed by atoms with van der Waals surface area (Å²) in [5.41, 5.74) is 2.62. The number of nitrogens with zero attached hydrogens (tertiary/aromatic N) is 3. The molecule has 1 unspecified atom stereocenters. The Hall–Kier alpha value is -1.86. The molecule has 164 valence electrons. The summed E-state index contributed by atoms with van der Waals surface area (Å²) in [6, 6.07) is 8.40. The lowest BCUT2D eigenvalue weighted by atomic mass is 10.0. The summed E-state index contributed by atoms with van der Waals surface area (Å²) in [5.74, 6) is 0.884. The van der Waals surface area contributed by atoms with Crippen LogP contribution in [0.4, 0.5) is 0 Å². The fraction of sp³-hybridized carbons (Fsp3) is 0.609. The van der Waals surface area contributed by atoms with Gasteiger partial charge in [0.15, 0.2) is 0 Å². The predicted molar refractivity (Wildman–Crippen MR) is 117 cm³/mol. The van der Waals surface area contributed by atoms with E-state index in [2.05, 4.69) is 36.3 Å². The lowest BCUT2D eigenvalue weighted by molar-refractivity contribution is 0.0956. The van der Waals surface area contributed by atoms with E-state index in [-0.39, 0.29) is 18.2 Å². The quantitative estimate of drug-likeness (QED) is 0.661. The minimum Gasteiger partial charge on any atom is -0.490 e. The summed E-state index contributed by atoms with van der Waals surface area (Å²) in [4.78, 5) is 0.379. The van der Waals surface area contributed by atoms with Crippen molar-refractivity contribution in [2.45, 2.75) is 88.8 Å². The molecule has 4 rings (SSSR count). The smallest absolute Gasteiger partial charge is 0.247 e. The first-order valence-corrected chi connectivity index (χ1v) is 12.5. The molecule has 2 bridgehead atoms. The third-order valence-corrected chi connectivity index (χ3v) is 8.90. The van der Waals surface area contributed by atoms with Crippen molar-refractivity contribution in [1.29, 1.82) is 0 Å². The van der Waals surface area contributed by atoms with Gasteiger partial charge < -0.3 is 4.74 Å². The molecule has 1 aromatic heterocycles. The minimum atomic E-state index is -3.55. The van der Waals surface area contributed by atoms with Crippen molar-refractivity contribution in [3.63, 3.8) is 0 Å². The number of hydrogen-bond acceptors (Lipinski definition) is 4. The van der Waals surface area contributed by atoms with Crippen LogP contribution in [0.15, 0.2) is 29.2 Å². The number of fused-ring (bicyclic) bond motifs is 2. The summed E-state index contributed by atoms with van der Waals surface area (Å²) in [6.45, 7) is 5.81. The molecule has 30 heavy (non-hydrogen) atoms. The average Bonchev–Trinajstić information content (AvgIpc) is 3.14. The van der Waals surface area contributed by atoms with E-state index in [1.54, 1.807) is 23.0 Å². The van der Waals surface area contributed by atoms with Crippen molar-refractivity contribution in [2.24, 2.45) is 7.05 Å². The summed E-state index contributed by atoms with van der Waals surface area (Å²) in [6.07, 6.45) is 6.84. The SMILES string of the molecule is CCCCc1ccc(OC2C[C@H]3CC[C@@H](C2)N3S(=O)(=O)c2c(C)nn(C)c2C)cc1. The van der Waals surface area contributed by atoms with Gasteiger partial charge in [-0.2, -0.15) is 9.40 Å². The van der Waals surface area contributed by atoms with Crippen LogP contribution in [0, 0.1) is 13.8 Å². The Morgan fingerprint density at radius 2 is 1.73 bits per heavy atom. The number of hydrogen-bond donors (Lipinski definition) is 0. The Morgan fingerprint density at radius 1 is 1.10 bits per heavy atom. The number of benzene rings is 1. The zero-order valence-electron chi connectivity index (χ0n) is 18.5. The van der Waals surface area contributed by atoms with Crippen LogP contribution in [0.5, 0.6) is 5.75 Å². The van der Waals surface area contributed by atoms with Gasteiger partial charge in [0, 0.05) is 32.0 Å². The number of ether oxygens (including phenoxy) is 1. The van der Waals surface area contributed by atoms with Crippen LogP contribution < -0.4 is 4.74 Å². The van der Waals surface area contributed by atoms with Crippen LogP contribution in [0.2, 0.25) is 0 Å². The zero-order chi connectivity index (χ0) is 21.5. The maximum absolute atomic E-state index is 13.5. The molecule has 2 fully saturated rings. The van der Waals surface area contributed by atoms with Crippen LogP contribution in [0.25, 0.3) is 0 Å². The molecular formula is C23H33N3O3S. The molecular weight excluding hydrogens is 398 g/mol. The van der Waals surface area contributed by atoms with Gasteiger partial charge in [-0.05, 0) is 57.2 Å². The molecule has 2 aromatic rings. The monoisotopic (exact) mass is 431 g/mol. The fourth-order valence-corrected chi connectivity index (χ4v) is 7.41. The maximum Gasteiger partial charge on any atom is 0.247 e. The van der Waals surface area contributed by atoms with Gasteiger partial charge in [0.05, 0.1) is 11.4 Å². The lowest BCUT2D eigenvalue weighted by Crippen LogP contribution is -2.49. The second kappa shape index (κ2) is 8.35. The van der Waals surface area contributed by atoms with Crippen molar-refractivity contribution in [2.75, 3.05) is 0 Å². The second-order valence-electron chi connectivity index (χ2n) is 8.80. The van der Waals surface area contributed by atoms with E-state index < -0.39 is 10.0 Å². The van der Waals surface area contributed by atoms with E-state index in [0.29, 0.717) is 16.3 Å². The maximum atomic E-state index is 13.5. The minimum absolute atomic E-state index is 0.00147. The zero-order valence-corrected chi connectivity index (χ0v) is 19.3. The lowest BCUT2D eigenvalue weighted by Gasteiger charge is -2.37. The average molecular weight is 432 g/mol. The van der Waals surface area contributed by atoms with Crippen LogP contribution in [-0.2, 0) is 23.5 Å². The van der Waals surface area contributed by atoms with E-state index in [0.717, 1.165) is 37.9 Å². The Labute approximate surface area is 180 Å². The van der Waals surface area contributed by atoms with Crippen molar-refractivity contribution < 1.29 is 13.2 Å². The molecule has 3 heterocycles. The highest BCUT2D eigenvalue weighted by Crippen LogP contribution is 2.41. The largest absolute Gasteiger partial charge is 0.490 e. The Morgan fingerprint density at radius 3 is 2.27 bits per heavy atom. The van der Waals surface area contributed by atoms with E-state index in [1.165, 1.54) is 18.4 Å². The standard InChI is InChI=1S/C23H33N3O3S/c1-5-6-7-18-8-12-21(13-9-18)29-22-14-19-10-11-20(15-22)26(19)30(27,28)23-16(2)24-25(4)17(23)3/h8-9,12-13,19-20,22H,5-7,10-11,14-15H2,1-4H3/t19-,20+,22?. The van der Waals surface area contributed by atoms with Gasteiger partial charge in [-0.1, -0.05) is 25.5 Å².